The molecular formula is C8H11NO4. The van der Waals surface area contributed by atoms with Crippen molar-refractivity contribution in [1.82, 2.24) is 0 Å². The van der Waals surface area contributed by atoms with Gasteiger partial charge in [0.1, 0.15) is 5.54 Å². The maximum atomic E-state index is 10.8. The van der Waals surface area contributed by atoms with Crippen LogP contribution in [0.3, 0.4) is 0 Å². The van der Waals surface area contributed by atoms with Crippen molar-refractivity contribution in [3.05, 3.63) is 11.6 Å². The summed E-state index contributed by atoms with van der Waals surface area (Å²) in [6.45, 7) is 1.60. The molecular weight excluding hydrogens is 174 g/mol. The highest BCUT2D eigenvalue weighted by Crippen LogP contribution is 2.32. The molecule has 5 nitrogen and oxygen atoms in total. The minimum Gasteiger partial charge on any atom is -0.480 e. The predicted molar refractivity (Wildman–Crippen MR) is 44.1 cm³/mol. The van der Waals surface area contributed by atoms with E-state index in [2.05, 4.69) is 0 Å². The van der Waals surface area contributed by atoms with Crippen molar-refractivity contribution in [3.63, 3.8) is 0 Å². The van der Waals surface area contributed by atoms with Crippen molar-refractivity contribution >= 4 is 11.9 Å². The second-order valence-electron chi connectivity index (χ2n) is 3.31. The SMILES string of the molecule is C[C@H]1C=C(C(=O)O)C[C@@]1(N)C(=O)O. The molecule has 0 saturated heterocycles. The van der Waals surface area contributed by atoms with Crippen molar-refractivity contribution in [1.29, 1.82) is 0 Å². The molecule has 0 aromatic heterocycles. The van der Waals surface area contributed by atoms with E-state index in [9.17, 15) is 9.59 Å². The largest absolute Gasteiger partial charge is 0.480 e. The summed E-state index contributed by atoms with van der Waals surface area (Å²) in [5, 5.41) is 17.4. The first kappa shape index (κ1) is 9.73. The quantitative estimate of drug-likeness (QED) is 0.554. The lowest BCUT2D eigenvalue weighted by Gasteiger charge is -2.23. The van der Waals surface area contributed by atoms with Gasteiger partial charge in [0.25, 0.3) is 0 Å². The third-order valence-electron chi connectivity index (χ3n) is 2.42. The van der Waals surface area contributed by atoms with Crippen LogP contribution in [0.2, 0.25) is 0 Å². The molecule has 2 atom stereocenters. The molecule has 1 rings (SSSR count). The fraction of sp³-hybridized carbons (Fsp3) is 0.500. The standard InChI is InChI=1S/C8H11NO4/c1-4-2-5(6(10)11)3-8(4,9)7(12)13/h2,4H,3,9H2,1H3,(H,10,11)(H,12,13)/t4-,8-/m0/s1. The van der Waals surface area contributed by atoms with Crippen molar-refractivity contribution in [2.24, 2.45) is 11.7 Å². The highest BCUT2D eigenvalue weighted by Gasteiger charge is 2.45. The maximum absolute atomic E-state index is 10.8. The molecule has 1 aliphatic rings. The molecule has 0 unspecified atom stereocenters. The fourth-order valence-corrected chi connectivity index (χ4v) is 1.40. The van der Waals surface area contributed by atoms with Gasteiger partial charge in [-0.1, -0.05) is 13.0 Å². The van der Waals surface area contributed by atoms with E-state index in [1.54, 1.807) is 6.92 Å². The molecule has 5 heteroatoms. The molecule has 0 bridgehead atoms. The van der Waals surface area contributed by atoms with Crippen LogP contribution in [0.1, 0.15) is 13.3 Å². The minimum absolute atomic E-state index is 0.0809. The van der Waals surface area contributed by atoms with Crippen LogP contribution in [0, 0.1) is 5.92 Å². The number of hydrogen-bond acceptors (Lipinski definition) is 3. The number of aliphatic carboxylic acids is 2. The highest BCUT2D eigenvalue weighted by atomic mass is 16.4. The van der Waals surface area contributed by atoms with Crippen LogP contribution < -0.4 is 5.73 Å². The van der Waals surface area contributed by atoms with E-state index in [0.29, 0.717) is 0 Å². The molecule has 0 aliphatic heterocycles. The average molecular weight is 185 g/mol. The first-order valence-electron chi connectivity index (χ1n) is 3.84. The molecule has 0 saturated carbocycles. The molecule has 0 aromatic rings. The lowest BCUT2D eigenvalue weighted by Crippen LogP contribution is -2.50. The summed E-state index contributed by atoms with van der Waals surface area (Å²) >= 11 is 0. The molecule has 4 N–H and O–H groups in total. The van der Waals surface area contributed by atoms with E-state index in [4.69, 9.17) is 15.9 Å². The Balaban J connectivity index is 2.92. The van der Waals surface area contributed by atoms with Gasteiger partial charge in [0.05, 0.1) is 0 Å². The van der Waals surface area contributed by atoms with E-state index in [1.807, 2.05) is 0 Å². The van der Waals surface area contributed by atoms with Crippen LogP contribution in [-0.2, 0) is 9.59 Å². The molecule has 0 spiro atoms. The topological polar surface area (TPSA) is 101 Å². The Morgan fingerprint density at radius 2 is 2.15 bits per heavy atom. The Labute approximate surface area is 74.8 Å². The number of carboxylic acids is 2. The second kappa shape index (κ2) is 2.85. The van der Waals surface area contributed by atoms with Crippen molar-refractivity contribution in [2.45, 2.75) is 18.9 Å². The lowest BCUT2D eigenvalue weighted by atomic mass is 9.88. The van der Waals surface area contributed by atoms with E-state index < -0.39 is 23.4 Å². The van der Waals surface area contributed by atoms with Gasteiger partial charge in [0.2, 0.25) is 0 Å². The Hall–Kier alpha value is -1.36. The first-order chi connectivity index (χ1) is 5.88. The fourth-order valence-electron chi connectivity index (χ4n) is 1.40. The summed E-state index contributed by atoms with van der Waals surface area (Å²) in [6.07, 6.45) is 1.29. The molecule has 1 aliphatic carbocycles. The van der Waals surface area contributed by atoms with Gasteiger partial charge in [-0.25, -0.2) is 4.79 Å². The molecule has 0 fully saturated rings. The van der Waals surface area contributed by atoms with Gasteiger partial charge in [-0.15, -0.1) is 0 Å². The van der Waals surface area contributed by atoms with Crippen LogP contribution in [-0.4, -0.2) is 27.7 Å². The first-order valence-corrected chi connectivity index (χ1v) is 3.84. The van der Waals surface area contributed by atoms with Gasteiger partial charge in [0.15, 0.2) is 0 Å². The van der Waals surface area contributed by atoms with Crippen molar-refractivity contribution in [2.75, 3.05) is 0 Å². The summed E-state index contributed by atoms with van der Waals surface area (Å²) in [7, 11) is 0. The normalized spacial score (nSPS) is 32.8. The Morgan fingerprint density at radius 1 is 1.62 bits per heavy atom. The molecule has 13 heavy (non-hydrogen) atoms. The van der Waals surface area contributed by atoms with Crippen LogP contribution in [0.15, 0.2) is 11.6 Å². The summed E-state index contributed by atoms with van der Waals surface area (Å²) in [4.78, 5) is 21.3. The zero-order valence-electron chi connectivity index (χ0n) is 7.15. The average Bonchev–Trinajstić information content (AvgIpc) is 2.30. The summed E-state index contributed by atoms with van der Waals surface area (Å²) < 4.78 is 0. The summed E-state index contributed by atoms with van der Waals surface area (Å²) in [5.41, 5.74) is 4.19. The third kappa shape index (κ3) is 1.42. The summed E-state index contributed by atoms with van der Waals surface area (Å²) in [5.74, 6) is -2.70. The van der Waals surface area contributed by atoms with Crippen LogP contribution in [0.5, 0.6) is 0 Å². The number of hydrogen-bond donors (Lipinski definition) is 3. The third-order valence-corrected chi connectivity index (χ3v) is 2.42. The van der Waals surface area contributed by atoms with Gasteiger partial charge in [-0.3, -0.25) is 4.79 Å². The van der Waals surface area contributed by atoms with E-state index >= 15 is 0 Å². The molecule has 0 radical (unpaired) electrons. The van der Waals surface area contributed by atoms with Crippen molar-refractivity contribution < 1.29 is 19.8 Å². The van der Waals surface area contributed by atoms with Gasteiger partial charge in [0, 0.05) is 17.9 Å². The smallest absolute Gasteiger partial charge is 0.331 e. The van der Waals surface area contributed by atoms with Crippen LogP contribution >= 0.6 is 0 Å². The summed E-state index contributed by atoms with van der Waals surface area (Å²) in [6, 6.07) is 0. The highest BCUT2D eigenvalue weighted by molar-refractivity contribution is 5.91. The lowest BCUT2D eigenvalue weighted by molar-refractivity contribution is -0.144. The monoisotopic (exact) mass is 185 g/mol. The van der Waals surface area contributed by atoms with Crippen molar-refractivity contribution in [3.8, 4) is 0 Å². The number of rotatable bonds is 2. The number of carbonyl (C=O) groups is 2. The molecule has 72 valence electrons. The van der Waals surface area contributed by atoms with E-state index in [0.717, 1.165) is 0 Å². The minimum atomic E-state index is -1.45. The van der Waals surface area contributed by atoms with Gasteiger partial charge < -0.3 is 15.9 Å². The van der Waals surface area contributed by atoms with Crippen LogP contribution in [0.25, 0.3) is 0 Å². The Kier molecular flexibility index (Phi) is 2.13. The molecule has 0 heterocycles. The predicted octanol–water partition coefficient (Wildman–Crippen LogP) is -0.181. The molecule has 0 aromatic carbocycles. The van der Waals surface area contributed by atoms with E-state index in [-0.39, 0.29) is 12.0 Å². The van der Waals surface area contributed by atoms with Gasteiger partial charge in [-0.05, 0) is 0 Å². The zero-order valence-corrected chi connectivity index (χ0v) is 7.15. The zero-order chi connectivity index (χ0) is 10.2. The van der Waals surface area contributed by atoms with Crippen LogP contribution in [0.4, 0.5) is 0 Å². The van der Waals surface area contributed by atoms with Gasteiger partial charge in [-0.2, -0.15) is 0 Å². The maximum Gasteiger partial charge on any atom is 0.331 e. The van der Waals surface area contributed by atoms with E-state index in [1.165, 1.54) is 6.08 Å². The Bertz CT molecular complexity index is 297. The molecule has 0 amide bonds. The van der Waals surface area contributed by atoms with Gasteiger partial charge >= 0.3 is 11.9 Å². The Morgan fingerprint density at radius 3 is 2.38 bits per heavy atom. The second-order valence-corrected chi connectivity index (χ2v) is 3.31. The number of carboxylic acid groups (broad SMARTS) is 2. The number of nitrogens with two attached hydrogens (primary N) is 1.